The summed E-state index contributed by atoms with van der Waals surface area (Å²) in [6.07, 6.45) is 7.57. The summed E-state index contributed by atoms with van der Waals surface area (Å²) in [5.74, 6) is 2.34. The molecule has 19 heavy (non-hydrogen) atoms. The van der Waals surface area contributed by atoms with Gasteiger partial charge in [0.2, 0.25) is 5.79 Å². The molecule has 1 atom stereocenters. The second kappa shape index (κ2) is 6.36. The van der Waals surface area contributed by atoms with E-state index in [4.69, 9.17) is 9.47 Å². The third kappa shape index (κ3) is 4.03. The first-order valence-corrected chi connectivity index (χ1v) is 8.01. The van der Waals surface area contributed by atoms with Crippen LogP contribution in [0.2, 0.25) is 0 Å². The molecule has 0 aromatic heterocycles. The third-order valence-electron chi connectivity index (χ3n) is 3.89. The monoisotopic (exact) mass is 282 g/mol. The molecule has 2 nitrogen and oxygen atoms in total. The highest BCUT2D eigenvalue weighted by Gasteiger charge is 2.34. The van der Waals surface area contributed by atoms with E-state index in [0.717, 1.165) is 43.6 Å². The smallest absolute Gasteiger partial charge is 0.207 e. The lowest BCUT2D eigenvalue weighted by Crippen LogP contribution is -2.37. The number of ether oxygens (including phenoxy) is 2. The fourth-order valence-electron chi connectivity index (χ4n) is 2.61. The summed E-state index contributed by atoms with van der Waals surface area (Å²) in [6, 6.07) is 0. The Labute approximate surface area is 122 Å². The highest BCUT2D eigenvalue weighted by Crippen LogP contribution is 2.37. The van der Waals surface area contributed by atoms with Gasteiger partial charge in [0.25, 0.3) is 0 Å². The molecule has 2 aliphatic rings. The van der Waals surface area contributed by atoms with Crippen molar-refractivity contribution in [2.75, 3.05) is 12.4 Å². The summed E-state index contributed by atoms with van der Waals surface area (Å²) >= 11 is 4.30. The highest BCUT2D eigenvalue weighted by atomic mass is 32.1. The van der Waals surface area contributed by atoms with Crippen molar-refractivity contribution in [2.45, 2.75) is 58.7 Å². The maximum atomic E-state index is 6.15. The van der Waals surface area contributed by atoms with Gasteiger partial charge in [-0.05, 0) is 30.9 Å². The lowest BCUT2D eigenvalue weighted by molar-refractivity contribution is -0.219. The van der Waals surface area contributed by atoms with Crippen molar-refractivity contribution >= 4 is 12.6 Å². The van der Waals surface area contributed by atoms with Crippen molar-refractivity contribution in [3.63, 3.8) is 0 Å². The Balaban J connectivity index is 2.01. The van der Waals surface area contributed by atoms with Crippen molar-refractivity contribution in [3.05, 3.63) is 23.0 Å². The van der Waals surface area contributed by atoms with Gasteiger partial charge in [0.05, 0.1) is 6.61 Å². The molecule has 0 radical (unpaired) electrons. The van der Waals surface area contributed by atoms with Crippen molar-refractivity contribution in [3.8, 4) is 0 Å². The molecule has 2 rings (SSSR count). The molecule has 1 aliphatic heterocycles. The zero-order valence-electron chi connectivity index (χ0n) is 12.4. The van der Waals surface area contributed by atoms with Crippen LogP contribution in [0.25, 0.3) is 0 Å². The first-order valence-electron chi connectivity index (χ1n) is 7.38. The lowest BCUT2D eigenvalue weighted by atomic mass is 9.94. The maximum Gasteiger partial charge on any atom is 0.207 e. The van der Waals surface area contributed by atoms with E-state index in [1.165, 1.54) is 11.1 Å². The van der Waals surface area contributed by atoms with Crippen LogP contribution in [0.15, 0.2) is 23.0 Å². The van der Waals surface area contributed by atoms with Crippen LogP contribution in [0.5, 0.6) is 0 Å². The Morgan fingerprint density at radius 3 is 2.84 bits per heavy atom. The van der Waals surface area contributed by atoms with Gasteiger partial charge in [0, 0.05) is 25.3 Å². The van der Waals surface area contributed by atoms with Gasteiger partial charge < -0.3 is 9.47 Å². The Morgan fingerprint density at radius 2 is 2.16 bits per heavy atom. The maximum absolute atomic E-state index is 6.15. The summed E-state index contributed by atoms with van der Waals surface area (Å²) in [5.41, 5.74) is 2.72. The molecule has 3 heteroatoms. The summed E-state index contributed by atoms with van der Waals surface area (Å²) in [5, 5.41) is 0. The van der Waals surface area contributed by atoms with Crippen LogP contribution in [-0.4, -0.2) is 18.1 Å². The molecule has 1 heterocycles. The highest BCUT2D eigenvalue weighted by molar-refractivity contribution is 7.80. The number of hydrogen-bond donors (Lipinski definition) is 1. The molecule has 0 spiro atoms. The number of rotatable bonds is 5. The van der Waals surface area contributed by atoms with Gasteiger partial charge in [-0.25, -0.2) is 0 Å². The molecule has 1 unspecified atom stereocenters. The van der Waals surface area contributed by atoms with Crippen LogP contribution in [-0.2, 0) is 9.47 Å². The number of allylic oxidation sites excluding steroid dienone is 2. The summed E-state index contributed by atoms with van der Waals surface area (Å²) < 4.78 is 12.1. The van der Waals surface area contributed by atoms with Crippen molar-refractivity contribution in [1.29, 1.82) is 0 Å². The van der Waals surface area contributed by atoms with Gasteiger partial charge in [0.1, 0.15) is 5.76 Å². The third-order valence-corrected chi connectivity index (χ3v) is 4.11. The minimum Gasteiger partial charge on any atom is -0.467 e. The van der Waals surface area contributed by atoms with Gasteiger partial charge in [-0.3, -0.25) is 0 Å². The molecule has 108 valence electrons. The predicted octanol–water partition coefficient (Wildman–Crippen LogP) is 4.48. The SMILES string of the molecule is CC(C)CCC1(C)OCC2=C(CCC(CCS)=C2)O1. The second-order valence-electron chi connectivity index (χ2n) is 6.18. The molecule has 1 aliphatic carbocycles. The van der Waals surface area contributed by atoms with Crippen LogP contribution < -0.4 is 0 Å². The van der Waals surface area contributed by atoms with Crippen LogP contribution in [0.4, 0.5) is 0 Å². The fraction of sp³-hybridized carbons (Fsp3) is 0.750. The minimum atomic E-state index is -0.419. The topological polar surface area (TPSA) is 18.5 Å². The van der Waals surface area contributed by atoms with Crippen LogP contribution >= 0.6 is 12.6 Å². The molecule has 0 aromatic rings. The average molecular weight is 282 g/mol. The Morgan fingerprint density at radius 1 is 1.37 bits per heavy atom. The molecule has 0 bridgehead atoms. The fourth-order valence-corrected chi connectivity index (χ4v) is 2.89. The number of hydrogen-bond acceptors (Lipinski definition) is 3. The Bertz CT molecular complexity index is 384. The lowest BCUT2D eigenvalue weighted by Gasteiger charge is -2.38. The summed E-state index contributed by atoms with van der Waals surface area (Å²) in [6.45, 7) is 7.25. The zero-order chi connectivity index (χ0) is 13.9. The number of thiol groups is 1. The van der Waals surface area contributed by atoms with E-state index >= 15 is 0 Å². The van der Waals surface area contributed by atoms with Gasteiger partial charge in [-0.15, -0.1) is 0 Å². The molecule has 0 fully saturated rings. The van der Waals surface area contributed by atoms with Crippen LogP contribution in [0, 0.1) is 5.92 Å². The standard InChI is InChI=1S/C16H26O2S/c1-12(2)6-8-16(3)17-11-14-10-13(7-9-19)4-5-15(14)18-16/h10,12,19H,4-9,11H2,1-3H3. The average Bonchev–Trinajstić information content (AvgIpc) is 2.37. The van der Waals surface area contributed by atoms with E-state index in [-0.39, 0.29) is 0 Å². The molecule has 0 saturated carbocycles. The van der Waals surface area contributed by atoms with E-state index in [0.29, 0.717) is 12.5 Å². The normalized spacial score (nSPS) is 27.1. The van der Waals surface area contributed by atoms with Gasteiger partial charge in [-0.2, -0.15) is 12.6 Å². The molecule has 0 amide bonds. The summed E-state index contributed by atoms with van der Waals surface area (Å²) in [7, 11) is 0. The van der Waals surface area contributed by atoms with Gasteiger partial charge in [0.15, 0.2) is 0 Å². The van der Waals surface area contributed by atoms with E-state index in [2.05, 4.69) is 39.5 Å². The van der Waals surface area contributed by atoms with E-state index < -0.39 is 5.79 Å². The second-order valence-corrected chi connectivity index (χ2v) is 6.63. The quantitative estimate of drug-likeness (QED) is 0.749. The Kier molecular flexibility index (Phi) is 5.02. The Hall–Kier alpha value is -0.410. The first kappa shape index (κ1) is 15.0. The van der Waals surface area contributed by atoms with Crippen LogP contribution in [0.1, 0.15) is 52.9 Å². The molecule has 0 saturated heterocycles. The van der Waals surface area contributed by atoms with Crippen LogP contribution in [0.3, 0.4) is 0 Å². The van der Waals surface area contributed by atoms with Gasteiger partial charge in [-0.1, -0.05) is 25.5 Å². The molecular formula is C16H26O2S. The predicted molar refractivity (Wildman–Crippen MR) is 82.3 cm³/mol. The molecule has 0 N–H and O–H groups in total. The zero-order valence-corrected chi connectivity index (χ0v) is 13.3. The van der Waals surface area contributed by atoms with Crippen molar-refractivity contribution in [2.24, 2.45) is 5.92 Å². The summed E-state index contributed by atoms with van der Waals surface area (Å²) in [4.78, 5) is 0. The van der Waals surface area contributed by atoms with Crippen molar-refractivity contribution in [1.82, 2.24) is 0 Å². The molecular weight excluding hydrogens is 256 g/mol. The van der Waals surface area contributed by atoms with E-state index in [1.807, 2.05) is 0 Å². The first-order chi connectivity index (χ1) is 9.02. The van der Waals surface area contributed by atoms with E-state index in [9.17, 15) is 0 Å². The van der Waals surface area contributed by atoms with Gasteiger partial charge >= 0.3 is 0 Å². The van der Waals surface area contributed by atoms with Crippen molar-refractivity contribution < 1.29 is 9.47 Å². The van der Waals surface area contributed by atoms with E-state index in [1.54, 1.807) is 0 Å². The minimum absolute atomic E-state index is 0.419. The molecule has 0 aromatic carbocycles. The largest absolute Gasteiger partial charge is 0.467 e.